The van der Waals surface area contributed by atoms with Gasteiger partial charge in [-0.1, -0.05) is 25.3 Å². The van der Waals surface area contributed by atoms with Gasteiger partial charge in [-0.25, -0.2) is 4.52 Å². The van der Waals surface area contributed by atoms with Crippen LogP contribution in [0.1, 0.15) is 31.2 Å². The number of fused-ring (bicyclic) bond motifs is 1. The number of hydrogen-bond donors (Lipinski definition) is 1. The van der Waals surface area contributed by atoms with Crippen LogP contribution in [0.15, 0.2) is 18.3 Å². The van der Waals surface area contributed by atoms with Crippen LogP contribution < -0.4 is 5.32 Å². The van der Waals surface area contributed by atoms with Gasteiger partial charge in [0.1, 0.15) is 0 Å². The van der Waals surface area contributed by atoms with Crippen LogP contribution in [0.2, 0.25) is 0 Å². The fourth-order valence-electron chi connectivity index (χ4n) is 2.23. The molecule has 1 aliphatic carbocycles. The summed E-state index contributed by atoms with van der Waals surface area (Å²) in [5, 5.41) is 7.72. The molecule has 0 atom stereocenters. The number of nitrogens with zero attached hydrogens (tertiary/aromatic N) is 3. The van der Waals surface area contributed by atoms with E-state index >= 15 is 0 Å². The molecular weight excluding hydrogens is 212 g/mol. The van der Waals surface area contributed by atoms with E-state index in [1.807, 2.05) is 16.8 Å². The first-order valence-electron chi connectivity index (χ1n) is 6.38. The Morgan fingerprint density at radius 3 is 3.06 bits per heavy atom. The van der Waals surface area contributed by atoms with Crippen molar-refractivity contribution in [3.05, 3.63) is 23.9 Å². The standard InChI is InChI=1S/C13H18N4/c1-10-5-6-12-15-13(16-17(12)9-10)14-8-7-11-3-2-4-11/h5-6,9,11H,2-4,7-8H2,1H3,(H,14,16). The van der Waals surface area contributed by atoms with Gasteiger partial charge < -0.3 is 5.32 Å². The van der Waals surface area contributed by atoms with Gasteiger partial charge in [-0.15, -0.1) is 5.10 Å². The lowest BCUT2D eigenvalue weighted by molar-refractivity contribution is 0.303. The molecule has 3 rings (SSSR count). The Hall–Kier alpha value is -1.58. The predicted octanol–water partition coefficient (Wildman–Crippen LogP) is 2.64. The molecule has 2 aromatic rings. The van der Waals surface area contributed by atoms with Gasteiger partial charge >= 0.3 is 0 Å². The molecule has 0 saturated heterocycles. The first kappa shape index (κ1) is 10.6. The molecule has 2 heterocycles. The minimum atomic E-state index is 0.745. The van der Waals surface area contributed by atoms with Crippen molar-refractivity contribution in [1.82, 2.24) is 14.6 Å². The van der Waals surface area contributed by atoms with Gasteiger partial charge in [0.15, 0.2) is 5.65 Å². The number of aryl methyl sites for hydroxylation is 1. The number of nitrogens with one attached hydrogen (secondary N) is 1. The third-order valence-electron chi connectivity index (χ3n) is 3.54. The van der Waals surface area contributed by atoms with Crippen LogP contribution in [0.4, 0.5) is 5.95 Å². The van der Waals surface area contributed by atoms with Gasteiger partial charge in [0.2, 0.25) is 5.95 Å². The minimum Gasteiger partial charge on any atom is -0.353 e. The monoisotopic (exact) mass is 230 g/mol. The van der Waals surface area contributed by atoms with E-state index in [1.165, 1.54) is 31.2 Å². The molecule has 0 amide bonds. The summed E-state index contributed by atoms with van der Waals surface area (Å²) in [6.07, 6.45) is 7.46. The zero-order valence-corrected chi connectivity index (χ0v) is 10.2. The van der Waals surface area contributed by atoms with Gasteiger partial charge in [0, 0.05) is 12.7 Å². The van der Waals surface area contributed by atoms with Crippen molar-refractivity contribution in [2.75, 3.05) is 11.9 Å². The molecular formula is C13H18N4. The Morgan fingerprint density at radius 2 is 2.29 bits per heavy atom. The third-order valence-corrected chi connectivity index (χ3v) is 3.54. The van der Waals surface area contributed by atoms with Crippen molar-refractivity contribution < 1.29 is 0 Å². The van der Waals surface area contributed by atoms with E-state index < -0.39 is 0 Å². The lowest BCUT2D eigenvalue weighted by Gasteiger charge is -2.24. The van der Waals surface area contributed by atoms with Gasteiger partial charge in [-0.2, -0.15) is 4.98 Å². The van der Waals surface area contributed by atoms with Crippen molar-refractivity contribution >= 4 is 11.6 Å². The van der Waals surface area contributed by atoms with Crippen LogP contribution in [0.3, 0.4) is 0 Å². The predicted molar refractivity (Wildman–Crippen MR) is 68.2 cm³/mol. The highest BCUT2D eigenvalue weighted by atomic mass is 15.3. The molecule has 4 nitrogen and oxygen atoms in total. The highest BCUT2D eigenvalue weighted by Gasteiger charge is 2.16. The van der Waals surface area contributed by atoms with Crippen LogP contribution in [0, 0.1) is 12.8 Å². The molecule has 1 aliphatic rings. The maximum absolute atomic E-state index is 4.44. The summed E-state index contributed by atoms with van der Waals surface area (Å²) in [5.74, 6) is 1.68. The largest absolute Gasteiger partial charge is 0.353 e. The van der Waals surface area contributed by atoms with E-state index in [9.17, 15) is 0 Å². The second-order valence-electron chi connectivity index (χ2n) is 4.96. The van der Waals surface area contributed by atoms with E-state index in [1.54, 1.807) is 0 Å². The Labute approximate surface area is 101 Å². The molecule has 1 saturated carbocycles. The fraction of sp³-hybridized carbons (Fsp3) is 0.538. The van der Waals surface area contributed by atoms with E-state index in [4.69, 9.17) is 0 Å². The molecule has 4 heteroatoms. The van der Waals surface area contributed by atoms with E-state index in [2.05, 4.69) is 28.4 Å². The Morgan fingerprint density at radius 1 is 1.41 bits per heavy atom. The second-order valence-corrected chi connectivity index (χ2v) is 4.96. The van der Waals surface area contributed by atoms with Crippen LogP contribution >= 0.6 is 0 Å². The summed E-state index contributed by atoms with van der Waals surface area (Å²) in [4.78, 5) is 4.44. The van der Waals surface area contributed by atoms with Gasteiger partial charge in [0.05, 0.1) is 0 Å². The molecule has 90 valence electrons. The molecule has 0 bridgehead atoms. The lowest BCUT2D eigenvalue weighted by atomic mass is 9.83. The summed E-state index contributed by atoms with van der Waals surface area (Å²) >= 11 is 0. The highest BCUT2D eigenvalue weighted by molar-refractivity contribution is 5.43. The number of anilines is 1. The fourth-order valence-corrected chi connectivity index (χ4v) is 2.23. The summed E-state index contributed by atoms with van der Waals surface area (Å²) in [6.45, 7) is 3.05. The smallest absolute Gasteiger partial charge is 0.243 e. The Bertz CT molecular complexity index is 513. The number of rotatable bonds is 4. The van der Waals surface area contributed by atoms with Crippen molar-refractivity contribution in [3.63, 3.8) is 0 Å². The van der Waals surface area contributed by atoms with Crippen molar-refractivity contribution in [2.24, 2.45) is 5.92 Å². The zero-order chi connectivity index (χ0) is 11.7. The van der Waals surface area contributed by atoms with Gasteiger partial charge in [-0.3, -0.25) is 0 Å². The molecule has 2 aromatic heterocycles. The summed E-state index contributed by atoms with van der Waals surface area (Å²) in [6, 6.07) is 4.06. The molecule has 17 heavy (non-hydrogen) atoms. The maximum atomic E-state index is 4.44. The lowest BCUT2D eigenvalue weighted by Crippen LogP contribution is -2.15. The van der Waals surface area contributed by atoms with Gasteiger partial charge in [0.25, 0.3) is 0 Å². The second kappa shape index (κ2) is 4.35. The Kier molecular flexibility index (Phi) is 2.71. The average Bonchev–Trinajstić information content (AvgIpc) is 2.63. The quantitative estimate of drug-likeness (QED) is 0.878. The maximum Gasteiger partial charge on any atom is 0.243 e. The summed E-state index contributed by atoms with van der Waals surface area (Å²) in [7, 11) is 0. The van der Waals surface area contributed by atoms with Crippen LogP contribution in [-0.4, -0.2) is 21.1 Å². The number of pyridine rings is 1. The number of hydrogen-bond acceptors (Lipinski definition) is 3. The van der Waals surface area contributed by atoms with Crippen molar-refractivity contribution in [1.29, 1.82) is 0 Å². The van der Waals surface area contributed by atoms with Crippen LogP contribution in [0.25, 0.3) is 5.65 Å². The zero-order valence-electron chi connectivity index (χ0n) is 10.2. The normalized spacial score (nSPS) is 16.1. The minimum absolute atomic E-state index is 0.745. The third kappa shape index (κ3) is 2.25. The van der Waals surface area contributed by atoms with E-state index in [0.717, 1.165) is 24.1 Å². The SMILES string of the molecule is Cc1ccc2nc(NCCC3CCC3)nn2c1. The van der Waals surface area contributed by atoms with E-state index in [-0.39, 0.29) is 0 Å². The average molecular weight is 230 g/mol. The molecule has 1 fully saturated rings. The molecule has 0 aromatic carbocycles. The van der Waals surface area contributed by atoms with Gasteiger partial charge in [-0.05, 0) is 30.9 Å². The first-order chi connectivity index (χ1) is 8.31. The molecule has 0 radical (unpaired) electrons. The van der Waals surface area contributed by atoms with Crippen LogP contribution in [0.5, 0.6) is 0 Å². The number of aromatic nitrogens is 3. The summed E-state index contributed by atoms with van der Waals surface area (Å²) < 4.78 is 1.83. The van der Waals surface area contributed by atoms with Crippen molar-refractivity contribution in [3.8, 4) is 0 Å². The Balaban J connectivity index is 1.64. The highest BCUT2D eigenvalue weighted by Crippen LogP contribution is 2.28. The van der Waals surface area contributed by atoms with Crippen molar-refractivity contribution in [2.45, 2.75) is 32.6 Å². The molecule has 1 N–H and O–H groups in total. The van der Waals surface area contributed by atoms with Crippen LogP contribution in [-0.2, 0) is 0 Å². The first-order valence-corrected chi connectivity index (χ1v) is 6.38. The molecule has 0 unspecified atom stereocenters. The molecule has 0 spiro atoms. The topological polar surface area (TPSA) is 42.2 Å². The summed E-state index contributed by atoms with van der Waals surface area (Å²) in [5.41, 5.74) is 2.10. The molecule has 0 aliphatic heterocycles. The van der Waals surface area contributed by atoms with E-state index in [0.29, 0.717) is 0 Å².